The molecule has 3 rings (SSSR count). The molecule has 1 aromatic carbocycles. The molecular weight excluding hydrogens is 240 g/mol. The van der Waals surface area contributed by atoms with Crippen molar-refractivity contribution in [3.05, 3.63) is 23.8 Å². The van der Waals surface area contributed by atoms with Gasteiger partial charge in [0.05, 0.1) is 7.11 Å². The molecule has 2 bridgehead atoms. The molecule has 102 valence electrons. The lowest BCUT2D eigenvalue weighted by Crippen LogP contribution is -2.29. The van der Waals surface area contributed by atoms with Gasteiger partial charge in [-0.05, 0) is 55.7 Å². The highest BCUT2D eigenvalue weighted by Gasteiger charge is 2.37. The Bertz CT molecular complexity index is 469. The van der Waals surface area contributed by atoms with Crippen molar-refractivity contribution in [2.24, 2.45) is 11.8 Å². The number of carbonyl (C=O) groups excluding carboxylic acids is 1. The van der Waals surface area contributed by atoms with E-state index < -0.39 is 0 Å². The molecule has 0 amide bonds. The van der Waals surface area contributed by atoms with Crippen LogP contribution >= 0.6 is 0 Å². The first-order valence-electron chi connectivity index (χ1n) is 7.10. The van der Waals surface area contributed by atoms with Crippen molar-refractivity contribution in [1.29, 1.82) is 0 Å². The van der Waals surface area contributed by atoms with Gasteiger partial charge in [-0.1, -0.05) is 6.42 Å². The Morgan fingerprint density at radius 1 is 1.16 bits per heavy atom. The van der Waals surface area contributed by atoms with Gasteiger partial charge < -0.3 is 9.47 Å². The van der Waals surface area contributed by atoms with Gasteiger partial charge in [0.2, 0.25) is 0 Å². The van der Waals surface area contributed by atoms with Gasteiger partial charge in [0.15, 0.2) is 11.5 Å². The van der Waals surface area contributed by atoms with Crippen LogP contribution in [0.5, 0.6) is 11.5 Å². The lowest BCUT2D eigenvalue weighted by molar-refractivity contribution is 0.0961. The number of hydrogen-bond donors (Lipinski definition) is 0. The normalized spacial score (nSPS) is 29.0. The molecule has 2 aliphatic carbocycles. The average Bonchev–Trinajstić information content (AvgIpc) is 2.84. The van der Waals surface area contributed by atoms with E-state index in [-0.39, 0.29) is 6.10 Å². The van der Waals surface area contributed by atoms with Crippen LogP contribution in [0.1, 0.15) is 42.5 Å². The first kappa shape index (κ1) is 12.5. The number of fused-ring (bicyclic) bond motifs is 2. The van der Waals surface area contributed by atoms with Gasteiger partial charge in [0, 0.05) is 5.56 Å². The predicted octanol–water partition coefficient (Wildman–Crippen LogP) is 3.47. The van der Waals surface area contributed by atoms with Crippen LogP contribution in [0.25, 0.3) is 0 Å². The number of ether oxygens (including phenoxy) is 2. The van der Waals surface area contributed by atoms with Crippen LogP contribution in [0, 0.1) is 11.8 Å². The summed E-state index contributed by atoms with van der Waals surface area (Å²) < 4.78 is 11.5. The lowest BCUT2D eigenvalue weighted by Gasteiger charge is -2.29. The van der Waals surface area contributed by atoms with Gasteiger partial charge in [-0.2, -0.15) is 0 Å². The summed E-state index contributed by atoms with van der Waals surface area (Å²) in [7, 11) is 1.63. The van der Waals surface area contributed by atoms with E-state index in [1.165, 1.54) is 25.7 Å². The molecule has 1 aromatic rings. The smallest absolute Gasteiger partial charge is 0.162 e. The van der Waals surface area contributed by atoms with E-state index in [4.69, 9.17) is 9.47 Å². The maximum atomic E-state index is 10.9. The van der Waals surface area contributed by atoms with Crippen LogP contribution in [0.15, 0.2) is 18.2 Å². The average molecular weight is 260 g/mol. The van der Waals surface area contributed by atoms with Crippen LogP contribution in [0.2, 0.25) is 0 Å². The minimum absolute atomic E-state index is 0.287. The van der Waals surface area contributed by atoms with Crippen molar-refractivity contribution in [3.8, 4) is 11.5 Å². The molecule has 0 aromatic heterocycles. The van der Waals surface area contributed by atoms with Crippen LogP contribution in [0.4, 0.5) is 0 Å². The molecule has 2 fully saturated rings. The molecule has 2 saturated carbocycles. The number of rotatable bonds is 4. The predicted molar refractivity (Wildman–Crippen MR) is 72.9 cm³/mol. The highest BCUT2D eigenvalue weighted by Crippen LogP contribution is 2.44. The highest BCUT2D eigenvalue weighted by molar-refractivity contribution is 5.76. The van der Waals surface area contributed by atoms with Gasteiger partial charge in [-0.3, -0.25) is 4.79 Å². The number of methoxy groups -OCH3 is 1. The van der Waals surface area contributed by atoms with Crippen molar-refractivity contribution in [2.75, 3.05) is 7.11 Å². The fourth-order valence-electron chi connectivity index (χ4n) is 3.53. The number of hydrogen-bond acceptors (Lipinski definition) is 3. The topological polar surface area (TPSA) is 35.5 Å². The summed E-state index contributed by atoms with van der Waals surface area (Å²) in [6.07, 6.45) is 7.48. The molecule has 0 heterocycles. The van der Waals surface area contributed by atoms with Crippen LogP contribution < -0.4 is 9.47 Å². The third kappa shape index (κ3) is 2.46. The van der Waals surface area contributed by atoms with E-state index in [1.807, 2.05) is 0 Å². The summed E-state index contributed by atoms with van der Waals surface area (Å²) >= 11 is 0. The Morgan fingerprint density at radius 2 is 2.00 bits per heavy atom. The van der Waals surface area contributed by atoms with Crippen molar-refractivity contribution in [2.45, 2.75) is 38.2 Å². The molecule has 19 heavy (non-hydrogen) atoms. The van der Waals surface area contributed by atoms with Crippen molar-refractivity contribution in [1.82, 2.24) is 0 Å². The van der Waals surface area contributed by atoms with Crippen LogP contribution in [-0.2, 0) is 0 Å². The van der Waals surface area contributed by atoms with E-state index in [2.05, 4.69) is 0 Å². The number of carbonyl (C=O) groups is 1. The monoisotopic (exact) mass is 260 g/mol. The first-order chi connectivity index (χ1) is 9.30. The van der Waals surface area contributed by atoms with Crippen molar-refractivity contribution in [3.63, 3.8) is 0 Å². The maximum absolute atomic E-state index is 10.9. The Morgan fingerprint density at radius 3 is 2.79 bits per heavy atom. The molecule has 0 radical (unpaired) electrons. The molecule has 0 spiro atoms. The Labute approximate surface area is 113 Å². The van der Waals surface area contributed by atoms with E-state index in [0.717, 1.165) is 18.6 Å². The second kappa shape index (κ2) is 5.24. The fourth-order valence-corrected chi connectivity index (χ4v) is 3.53. The summed E-state index contributed by atoms with van der Waals surface area (Å²) in [5, 5.41) is 0. The molecule has 3 atom stereocenters. The zero-order valence-corrected chi connectivity index (χ0v) is 11.3. The molecule has 0 saturated heterocycles. The molecule has 3 unspecified atom stereocenters. The number of benzene rings is 1. The molecule has 0 aliphatic heterocycles. The Hall–Kier alpha value is -1.51. The summed E-state index contributed by atoms with van der Waals surface area (Å²) in [6.45, 7) is 0. The van der Waals surface area contributed by atoms with Gasteiger partial charge >= 0.3 is 0 Å². The highest BCUT2D eigenvalue weighted by atomic mass is 16.5. The number of aldehydes is 1. The molecule has 0 N–H and O–H groups in total. The van der Waals surface area contributed by atoms with E-state index in [0.29, 0.717) is 23.0 Å². The summed E-state index contributed by atoms with van der Waals surface area (Å²) in [6, 6.07) is 5.34. The van der Waals surface area contributed by atoms with Crippen LogP contribution in [-0.4, -0.2) is 19.5 Å². The first-order valence-corrected chi connectivity index (χ1v) is 7.10. The van der Waals surface area contributed by atoms with E-state index in [1.54, 1.807) is 25.3 Å². The molecule has 3 nitrogen and oxygen atoms in total. The summed E-state index contributed by atoms with van der Waals surface area (Å²) in [5.41, 5.74) is 0.635. The minimum atomic E-state index is 0.287. The largest absolute Gasteiger partial charge is 0.493 e. The van der Waals surface area contributed by atoms with Gasteiger partial charge in [0.1, 0.15) is 12.4 Å². The van der Waals surface area contributed by atoms with Crippen molar-refractivity contribution < 1.29 is 14.3 Å². The summed E-state index contributed by atoms with van der Waals surface area (Å²) in [5.74, 6) is 3.03. The third-order valence-electron chi connectivity index (χ3n) is 4.57. The van der Waals surface area contributed by atoms with Crippen LogP contribution in [0.3, 0.4) is 0 Å². The van der Waals surface area contributed by atoms with E-state index in [9.17, 15) is 4.79 Å². The zero-order chi connectivity index (χ0) is 13.2. The fraction of sp³-hybridized carbons (Fsp3) is 0.562. The molecule has 2 aliphatic rings. The lowest BCUT2D eigenvalue weighted by atomic mass is 9.87. The van der Waals surface area contributed by atoms with E-state index >= 15 is 0 Å². The zero-order valence-electron chi connectivity index (χ0n) is 11.3. The van der Waals surface area contributed by atoms with Crippen molar-refractivity contribution >= 4 is 6.29 Å². The Kier molecular flexibility index (Phi) is 3.45. The standard InChI is InChI=1S/C16H20O3/c1-18-15-7-4-12(10-17)9-16(15)19-14-6-3-11-2-5-13(14)8-11/h4,7,9-11,13-14H,2-3,5-6,8H2,1H3. The summed E-state index contributed by atoms with van der Waals surface area (Å²) in [4.78, 5) is 10.9. The second-order valence-electron chi connectivity index (χ2n) is 5.70. The second-order valence-corrected chi connectivity index (χ2v) is 5.70. The van der Waals surface area contributed by atoms with Gasteiger partial charge in [0.25, 0.3) is 0 Å². The quantitative estimate of drug-likeness (QED) is 0.778. The minimum Gasteiger partial charge on any atom is -0.493 e. The Balaban J connectivity index is 1.79. The van der Waals surface area contributed by atoms with Gasteiger partial charge in [-0.15, -0.1) is 0 Å². The van der Waals surface area contributed by atoms with Gasteiger partial charge in [-0.25, -0.2) is 0 Å². The SMILES string of the molecule is COc1ccc(C=O)cc1OC1CCC2CCC1C2. The maximum Gasteiger partial charge on any atom is 0.162 e. The molecule has 3 heteroatoms. The molecular formula is C16H20O3. The third-order valence-corrected chi connectivity index (χ3v) is 4.57.